The normalized spacial score (nSPS) is 10.0. The summed E-state index contributed by atoms with van der Waals surface area (Å²) < 4.78 is 10.6. The van der Waals surface area contributed by atoms with Crippen LogP contribution in [0.15, 0.2) is 42.5 Å². The molecule has 0 unspecified atom stereocenters. The highest BCUT2D eigenvalue weighted by atomic mass is 16.5. The number of carbonyl (C=O) groups is 1. The molecule has 0 fully saturated rings. The number of ether oxygens (including phenoxy) is 2. The molecule has 0 heterocycles. The number of carboxylic acid groups (broad SMARTS) is 1. The van der Waals surface area contributed by atoms with Crippen LogP contribution < -0.4 is 9.47 Å². The van der Waals surface area contributed by atoms with Crippen molar-refractivity contribution in [3.8, 4) is 22.6 Å². The summed E-state index contributed by atoms with van der Waals surface area (Å²) in [5.41, 5.74) is 1.40. The molecule has 4 heteroatoms. The molecular formula is C15H14O4. The third kappa shape index (κ3) is 2.38. The standard InChI is InChI=1S/C15H14O4/c1-18-12-8-4-3-6-10(12)14-11(15(16)17)7-5-9-13(14)19-2/h3-9H,1-2H3,(H,16,17). The molecule has 2 aromatic rings. The SMILES string of the molecule is COc1ccccc1-c1c(OC)cccc1C(=O)O. The molecule has 2 rings (SSSR count). The molecule has 98 valence electrons. The highest BCUT2D eigenvalue weighted by molar-refractivity contribution is 5.99. The number of hydrogen-bond acceptors (Lipinski definition) is 3. The summed E-state index contributed by atoms with van der Waals surface area (Å²) in [6.07, 6.45) is 0. The van der Waals surface area contributed by atoms with Gasteiger partial charge in [0.15, 0.2) is 0 Å². The van der Waals surface area contributed by atoms with Crippen molar-refractivity contribution in [2.45, 2.75) is 0 Å². The minimum Gasteiger partial charge on any atom is -0.496 e. The molecule has 0 aliphatic heterocycles. The number of para-hydroxylation sites is 1. The maximum Gasteiger partial charge on any atom is 0.336 e. The van der Waals surface area contributed by atoms with Crippen LogP contribution in [0.4, 0.5) is 0 Å². The molecule has 0 aliphatic rings. The number of rotatable bonds is 4. The minimum atomic E-state index is -1.00. The van der Waals surface area contributed by atoms with Gasteiger partial charge in [-0.3, -0.25) is 0 Å². The van der Waals surface area contributed by atoms with Crippen LogP contribution in [0.2, 0.25) is 0 Å². The number of hydrogen-bond donors (Lipinski definition) is 1. The van der Waals surface area contributed by atoms with Crippen molar-refractivity contribution in [1.29, 1.82) is 0 Å². The lowest BCUT2D eigenvalue weighted by atomic mass is 9.97. The molecule has 0 radical (unpaired) electrons. The lowest BCUT2D eigenvalue weighted by Crippen LogP contribution is -2.02. The van der Waals surface area contributed by atoms with E-state index in [4.69, 9.17) is 9.47 Å². The maximum atomic E-state index is 11.4. The summed E-state index contributed by atoms with van der Waals surface area (Å²) in [6.45, 7) is 0. The van der Waals surface area contributed by atoms with Crippen LogP contribution in [0.3, 0.4) is 0 Å². The van der Waals surface area contributed by atoms with E-state index in [-0.39, 0.29) is 5.56 Å². The van der Waals surface area contributed by atoms with Gasteiger partial charge < -0.3 is 14.6 Å². The van der Waals surface area contributed by atoms with Crippen LogP contribution in [0.5, 0.6) is 11.5 Å². The Labute approximate surface area is 111 Å². The first-order chi connectivity index (χ1) is 9.19. The van der Waals surface area contributed by atoms with Crippen LogP contribution >= 0.6 is 0 Å². The van der Waals surface area contributed by atoms with E-state index in [1.807, 2.05) is 18.2 Å². The second kappa shape index (κ2) is 5.44. The van der Waals surface area contributed by atoms with E-state index in [9.17, 15) is 9.90 Å². The molecule has 1 N–H and O–H groups in total. The Bertz CT molecular complexity index is 605. The minimum absolute atomic E-state index is 0.184. The first-order valence-corrected chi connectivity index (χ1v) is 5.72. The zero-order valence-electron chi connectivity index (χ0n) is 10.7. The van der Waals surface area contributed by atoms with Crippen molar-refractivity contribution in [3.63, 3.8) is 0 Å². The van der Waals surface area contributed by atoms with Crippen molar-refractivity contribution in [1.82, 2.24) is 0 Å². The predicted octanol–water partition coefficient (Wildman–Crippen LogP) is 3.07. The summed E-state index contributed by atoms with van der Waals surface area (Å²) in [4.78, 5) is 11.4. The average Bonchev–Trinajstić information content (AvgIpc) is 2.46. The number of benzene rings is 2. The Kier molecular flexibility index (Phi) is 3.71. The number of aromatic carboxylic acids is 1. The summed E-state index contributed by atoms with van der Waals surface area (Å²) >= 11 is 0. The van der Waals surface area contributed by atoms with Gasteiger partial charge in [0.05, 0.1) is 19.8 Å². The molecular weight excluding hydrogens is 244 g/mol. The average molecular weight is 258 g/mol. The van der Waals surface area contributed by atoms with Crippen molar-refractivity contribution in [2.24, 2.45) is 0 Å². The van der Waals surface area contributed by atoms with Crippen LogP contribution in [0.1, 0.15) is 10.4 Å². The second-order valence-corrected chi connectivity index (χ2v) is 3.89. The van der Waals surface area contributed by atoms with Gasteiger partial charge in [0, 0.05) is 11.1 Å². The lowest BCUT2D eigenvalue weighted by Gasteiger charge is -2.14. The Hall–Kier alpha value is -2.49. The Balaban J connectivity index is 2.76. The highest BCUT2D eigenvalue weighted by Crippen LogP contribution is 2.38. The fraction of sp³-hybridized carbons (Fsp3) is 0.133. The van der Waals surface area contributed by atoms with Crippen molar-refractivity contribution >= 4 is 5.97 Å². The molecule has 4 nitrogen and oxygen atoms in total. The Morgan fingerprint density at radius 2 is 1.58 bits per heavy atom. The fourth-order valence-corrected chi connectivity index (χ4v) is 2.01. The molecule has 0 aromatic heterocycles. The van der Waals surface area contributed by atoms with E-state index < -0.39 is 5.97 Å². The largest absolute Gasteiger partial charge is 0.496 e. The van der Waals surface area contributed by atoms with E-state index in [0.29, 0.717) is 22.6 Å². The van der Waals surface area contributed by atoms with Gasteiger partial charge >= 0.3 is 5.97 Å². The van der Waals surface area contributed by atoms with Crippen LogP contribution in [0, 0.1) is 0 Å². The van der Waals surface area contributed by atoms with Crippen molar-refractivity contribution < 1.29 is 19.4 Å². The third-order valence-corrected chi connectivity index (χ3v) is 2.85. The van der Waals surface area contributed by atoms with E-state index >= 15 is 0 Å². The molecule has 0 saturated carbocycles. The molecule has 0 atom stereocenters. The zero-order valence-corrected chi connectivity index (χ0v) is 10.7. The third-order valence-electron chi connectivity index (χ3n) is 2.85. The van der Waals surface area contributed by atoms with Gasteiger partial charge in [-0.1, -0.05) is 24.3 Å². The molecule has 0 saturated heterocycles. The van der Waals surface area contributed by atoms with Crippen molar-refractivity contribution in [3.05, 3.63) is 48.0 Å². The van der Waals surface area contributed by atoms with E-state index in [1.165, 1.54) is 7.11 Å². The van der Waals surface area contributed by atoms with Crippen LogP contribution in [0.25, 0.3) is 11.1 Å². The van der Waals surface area contributed by atoms with Crippen LogP contribution in [-0.2, 0) is 0 Å². The monoisotopic (exact) mass is 258 g/mol. The lowest BCUT2D eigenvalue weighted by molar-refractivity contribution is 0.0697. The molecule has 0 amide bonds. The van der Waals surface area contributed by atoms with Gasteiger partial charge in [-0.05, 0) is 18.2 Å². The van der Waals surface area contributed by atoms with Gasteiger partial charge in [-0.25, -0.2) is 4.79 Å². The molecule has 0 aliphatic carbocycles. The molecule has 0 spiro atoms. The van der Waals surface area contributed by atoms with E-state index in [1.54, 1.807) is 31.4 Å². The van der Waals surface area contributed by atoms with Gasteiger partial charge in [0.1, 0.15) is 11.5 Å². The first-order valence-electron chi connectivity index (χ1n) is 5.72. The number of methoxy groups -OCH3 is 2. The summed E-state index contributed by atoms with van der Waals surface area (Å²) in [5, 5.41) is 9.31. The smallest absolute Gasteiger partial charge is 0.336 e. The van der Waals surface area contributed by atoms with E-state index in [0.717, 1.165) is 0 Å². The van der Waals surface area contributed by atoms with Gasteiger partial charge in [0.2, 0.25) is 0 Å². The van der Waals surface area contributed by atoms with E-state index in [2.05, 4.69) is 0 Å². The van der Waals surface area contributed by atoms with Crippen LogP contribution in [-0.4, -0.2) is 25.3 Å². The van der Waals surface area contributed by atoms with Gasteiger partial charge in [-0.15, -0.1) is 0 Å². The van der Waals surface area contributed by atoms with Crippen molar-refractivity contribution in [2.75, 3.05) is 14.2 Å². The maximum absolute atomic E-state index is 11.4. The summed E-state index contributed by atoms with van der Waals surface area (Å²) in [5.74, 6) is 0.110. The van der Waals surface area contributed by atoms with Gasteiger partial charge in [-0.2, -0.15) is 0 Å². The highest BCUT2D eigenvalue weighted by Gasteiger charge is 2.18. The quantitative estimate of drug-likeness (QED) is 0.915. The second-order valence-electron chi connectivity index (χ2n) is 3.89. The zero-order chi connectivity index (χ0) is 13.8. The molecule has 0 bridgehead atoms. The van der Waals surface area contributed by atoms with Gasteiger partial charge in [0.25, 0.3) is 0 Å². The predicted molar refractivity (Wildman–Crippen MR) is 71.9 cm³/mol. The number of carboxylic acids is 1. The Morgan fingerprint density at radius 3 is 2.21 bits per heavy atom. The summed E-state index contributed by atoms with van der Waals surface area (Å²) in [6, 6.07) is 12.2. The topological polar surface area (TPSA) is 55.8 Å². The molecule has 2 aromatic carbocycles. The molecule has 19 heavy (non-hydrogen) atoms. The Morgan fingerprint density at radius 1 is 0.947 bits per heavy atom. The summed E-state index contributed by atoms with van der Waals surface area (Å²) in [7, 11) is 3.06. The fourth-order valence-electron chi connectivity index (χ4n) is 2.01. The first kappa shape index (κ1) is 13.0.